The van der Waals surface area contributed by atoms with Crippen LogP contribution in [0.3, 0.4) is 0 Å². The molecule has 0 aliphatic heterocycles. The third-order valence-corrected chi connectivity index (χ3v) is 3.94. The zero-order chi connectivity index (χ0) is 14.1. The first-order valence-electron chi connectivity index (χ1n) is 7.02. The van der Waals surface area contributed by atoms with Crippen LogP contribution in [0.15, 0.2) is 24.3 Å². The molecule has 0 amide bonds. The van der Waals surface area contributed by atoms with E-state index in [2.05, 4.69) is 9.55 Å². The minimum Gasteiger partial charge on any atom is -0.478 e. The van der Waals surface area contributed by atoms with Crippen molar-refractivity contribution >= 4 is 5.97 Å². The van der Waals surface area contributed by atoms with Crippen molar-refractivity contribution in [2.75, 3.05) is 0 Å². The molecule has 2 aromatic rings. The number of aromatic carboxylic acids is 1. The molecule has 1 N–H and O–H groups in total. The van der Waals surface area contributed by atoms with Gasteiger partial charge in [0.25, 0.3) is 0 Å². The van der Waals surface area contributed by atoms with Gasteiger partial charge in [0.15, 0.2) is 0 Å². The molecule has 1 aliphatic carbocycles. The summed E-state index contributed by atoms with van der Waals surface area (Å²) in [6.45, 7) is 2.73. The molecule has 1 aromatic heterocycles. The Morgan fingerprint density at radius 1 is 1.35 bits per heavy atom. The summed E-state index contributed by atoms with van der Waals surface area (Å²) < 4.78 is 2.23. The summed E-state index contributed by atoms with van der Waals surface area (Å²) in [4.78, 5) is 15.7. The van der Waals surface area contributed by atoms with Crippen LogP contribution in [0.2, 0.25) is 0 Å². The van der Waals surface area contributed by atoms with Gasteiger partial charge in [0.05, 0.1) is 11.3 Å². The maximum Gasteiger partial charge on any atom is 0.335 e. The zero-order valence-electron chi connectivity index (χ0n) is 11.6. The van der Waals surface area contributed by atoms with Crippen molar-refractivity contribution in [1.82, 2.24) is 9.55 Å². The second-order valence-electron chi connectivity index (χ2n) is 5.35. The van der Waals surface area contributed by atoms with E-state index in [9.17, 15) is 4.79 Å². The third-order valence-electron chi connectivity index (χ3n) is 3.94. The fourth-order valence-corrected chi connectivity index (χ4v) is 2.93. The molecule has 3 rings (SSSR count). The molecule has 4 heteroatoms. The molecule has 1 aliphatic rings. The Morgan fingerprint density at radius 2 is 2.15 bits per heavy atom. The zero-order valence-corrected chi connectivity index (χ0v) is 11.6. The van der Waals surface area contributed by atoms with Crippen LogP contribution in [-0.4, -0.2) is 20.6 Å². The first kappa shape index (κ1) is 12.9. The highest BCUT2D eigenvalue weighted by Gasteiger charge is 2.18. The van der Waals surface area contributed by atoms with Crippen molar-refractivity contribution in [2.45, 2.75) is 39.2 Å². The fraction of sp³-hybridized carbons (Fsp3) is 0.375. The van der Waals surface area contributed by atoms with Crippen LogP contribution in [-0.2, 0) is 19.4 Å². The van der Waals surface area contributed by atoms with Crippen molar-refractivity contribution in [3.63, 3.8) is 0 Å². The number of carboxylic acid groups (broad SMARTS) is 1. The largest absolute Gasteiger partial charge is 0.478 e. The van der Waals surface area contributed by atoms with Crippen molar-refractivity contribution < 1.29 is 9.90 Å². The molecule has 0 saturated carbocycles. The third kappa shape index (κ3) is 2.33. The number of aromatic nitrogens is 2. The molecule has 0 bridgehead atoms. The summed E-state index contributed by atoms with van der Waals surface area (Å²) >= 11 is 0. The topological polar surface area (TPSA) is 55.1 Å². The minimum absolute atomic E-state index is 0.342. The molecule has 20 heavy (non-hydrogen) atoms. The van der Waals surface area contributed by atoms with Gasteiger partial charge in [0, 0.05) is 12.2 Å². The van der Waals surface area contributed by atoms with Gasteiger partial charge >= 0.3 is 5.97 Å². The molecule has 0 fully saturated rings. The molecule has 0 radical (unpaired) electrons. The first-order valence-corrected chi connectivity index (χ1v) is 7.02. The van der Waals surface area contributed by atoms with Gasteiger partial charge < -0.3 is 9.67 Å². The Hall–Kier alpha value is -2.10. The summed E-state index contributed by atoms with van der Waals surface area (Å²) in [6.07, 6.45) is 4.58. The molecule has 1 aromatic carbocycles. The van der Waals surface area contributed by atoms with Gasteiger partial charge in [-0.2, -0.15) is 0 Å². The van der Waals surface area contributed by atoms with E-state index in [1.807, 2.05) is 13.0 Å². The number of imidazole rings is 1. The van der Waals surface area contributed by atoms with Crippen LogP contribution in [0.5, 0.6) is 0 Å². The van der Waals surface area contributed by atoms with Gasteiger partial charge in [-0.15, -0.1) is 0 Å². The van der Waals surface area contributed by atoms with E-state index in [1.54, 1.807) is 18.2 Å². The van der Waals surface area contributed by atoms with Gasteiger partial charge in [-0.1, -0.05) is 12.1 Å². The summed E-state index contributed by atoms with van der Waals surface area (Å²) in [7, 11) is 0. The Morgan fingerprint density at radius 3 is 2.95 bits per heavy atom. The average Bonchev–Trinajstić information content (AvgIpc) is 2.76. The first-order chi connectivity index (χ1) is 9.65. The fourth-order valence-electron chi connectivity index (χ4n) is 2.93. The van der Waals surface area contributed by atoms with Gasteiger partial charge in [-0.25, -0.2) is 9.78 Å². The summed E-state index contributed by atoms with van der Waals surface area (Å²) in [5.41, 5.74) is 3.91. The van der Waals surface area contributed by atoms with E-state index in [0.29, 0.717) is 12.1 Å². The van der Waals surface area contributed by atoms with Crippen molar-refractivity contribution in [3.8, 4) is 0 Å². The Kier molecular flexibility index (Phi) is 3.30. The van der Waals surface area contributed by atoms with Crippen LogP contribution in [0.1, 0.15) is 46.0 Å². The smallest absolute Gasteiger partial charge is 0.335 e. The lowest BCUT2D eigenvalue weighted by atomic mass is 10.0. The van der Waals surface area contributed by atoms with Crippen LogP contribution in [0.4, 0.5) is 0 Å². The number of hydrogen-bond donors (Lipinski definition) is 1. The highest BCUT2D eigenvalue weighted by Crippen LogP contribution is 2.23. The molecular formula is C16H18N2O2. The Bertz CT molecular complexity index is 658. The lowest BCUT2D eigenvalue weighted by molar-refractivity contribution is 0.0696. The van der Waals surface area contributed by atoms with Crippen molar-refractivity contribution in [1.29, 1.82) is 0 Å². The number of nitrogens with zero attached hydrogens (tertiary/aromatic N) is 2. The second-order valence-corrected chi connectivity index (χ2v) is 5.35. The van der Waals surface area contributed by atoms with Crippen LogP contribution >= 0.6 is 0 Å². The summed E-state index contributed by atoms with van der Waals surface area (Å²) in [6, 6.07) is 7.15. The highest BCUT2D eigenvalue weighted by molar-refractivity contribution is 5.87. The number of hydrogen-bond acceptors (Lipinski definition) is 2. The molecule has 4 nitrogen and oxygen atoms in total. The molecular weight excluding hydrogens is 252 g/mol. The summed E-state index contributed by atoms with van der Waals surface area (Å²) in [5, 5.41) is 9.06. The number of fused-ring (bicyclic) bond motifs is 1. The number of carboxylic acids is 1. The Labute approximate surface area is 118 Å². The normalized spacial score (nSPS) is 14.1. The van der Waals surface area contributed by atoms with E-state index in [0.717, 1.165) is 24.2 Å². The van der Waals surface area contributed by atoms with Gasteiger partial charge in [0.2, 0.25) is 0 Å². The van der Waals surface area contributed by atoms with Gasteiger partial charge in [-0.05, 0) is 50.3 Å². The van der Waals surface area contributed by atoms with Crippen LogP contribution < -0.4 is 0 Å². The van der Waals surface area contributed by atoms with Crippen LogP contribution in [0.25, 0.3) is 0 Å². The lowest BCUT2D eigenvalue weighted by Gasteiger charge is -2.15. The standard InChI is InChI=1S/C16H18N2O2/c1-11-17-14-7-2-3-8-15(14)18(11)10-12-5-4-6-13(9-12)16(19)20/h4-6,9H,2-3,7-8,10H2,1H3,(H,19,20). The molecule has 1 heterocycles. The lowest BCUT2D eigenvalue weighted by Crippen LogP contribution is -2.10. The van der Waals surface area contributed by atoms with Gasteiger partial charge in [0.1, 0.15) is 5.82 Å². The maximum absolute atomic E-state index is 11.0. The molecule has 0 saturated heterocycles. The number of benzene rings is 1. The second kappa shape index (κ2) is 5.12. The monoisotopic (exact) mass is 270 g/mol. The summed E-state index contributed by atoms with van der Waals surface area (Å²) in [5.74, 6) is 0.147. The van der Waals surface area contributed by atoms with Crippen molar-refractivity contribution in [2.24, 2.45) is 0 Å². The predicted octanol–water partition coefficient (Wildman–Crippen LogP) is 2.82. The van der Waals surface area contributed by atoms with E-state index in [4.69, 9.17) is 5.11 Å². The van der Waals surface area contributed by atoms with E-state index >= 15 is 0 Å². The van der Waals surface area contributed by atoms with Crippen molar-refractivity contribution in [3.05, 3.63) is 52.6 Å². The van der Waals surface area contributed by atoms with E-state index in [-0.39, 0.29) is 0 Å². The molecule has 104 valence electrons. The SMILES string of the molecule is Cc1nc2c(n1Cc1cccc(C(=O)O)c1)CCCC2. The number of carbonyl (C=O) groups is 1. The number of aryl methyl sites for hydroxylation is 2. The van der Waals surface area contributed by atoms with E-state index < -0.39 is 5.97 Å². The molecule has 0 atom stereocenters. The predicted molar refractivity (Wildman–Crippen MR) is 76.1 cm³/mol. The quantitative estimate of drug-likeness (QED) is 0.933. The van der Waals surface area contributed by atoms with Gasteiger partial charge in [-0.3, -0.25) is 0 Å². The Balaban J connectivity index is 1.93. The van der Waals surface area contributed by atoms with E-state index in [1.165, 1.54) is 24.2 Å². The highest BCUT2D eigenvalue weighted by atomic mass is 16.4. The molecule has 0 unspecified atom stereocenters. The number of rotatable bonds is 3. The minimum atomic E-state index is -0.878. The molecule has 0 spiro atoms. The maximum atomic E-state index is 11.0. The average molecular weight is 270 g/mol. The van der Waals surface area contributed by atoms with Crippen LogP contribution in [0, 0.1) is 6.92 Å².